The van der Waals surface area contributed by atoms with Gasteiger partial charge in [-0.2, -0.15) is 0 Å². The van der Waals surface area contributed by atoms with Crippen LogP contribution in [0.25, 0.3) is 0 Å². The highest BCUT2D eigenvalue weighted by molar-refractivity contribution is 9.10. The summed E-state index contributed by atoms with van der Waals surface area (Å²) in [6.07, 6.45) is 3.61. The predicted molar refractivity (Wildman–Crippen MR) is 63.7 cm³/mol. The quantitative estimate of drug-likeness (QED) is 0.878. The van der Waals surface area contributed by atoms with E-state index in [1.165, 1.54) is 24.8 Å². The molecule has 1 aliphatic carbocycles. The standard InChI is InChI=1S/C11H13BrClN/c12-8-2-3-9(10(13)6-8)11(7-14)4-1-5-11/h2-3,6H,1,4-5,7,14H2. The number of nitrogens with two attached hydrogens (primary N) is 1. The molecule has 1 aliphatic rings. The molecule has 76 valence electrons. The molecule has 0 radical (unpaired) electrons. The molecule has 0 spiro atoms. The maximum absolute atomic E-state index is 6.22. The predicted octanol–water partition coefficient (Wildman–Crippen LogP) is 3.48. The summed E-state index contributed by atoms with van der Waals surface area (Å²) in [4.78, 5) is 0. The van der Waals surface area contributed by atoms with Crippen molar-refractivity contribution in [2.75, 3.05) is 6.54 Å². The molecule has 3 heteroatoms. The van der Waals surface area contributed by atoms with Crippen molar-refractivity contribution in [2.45, 2.75) is 24.7 Å². The third-order valence-electron chi connectivity index (χ3n) is 3.20. The van der Waals surface area contributed by atoms with Crippen LogP contribution >= 0.6 is 27.5 Å². The molecule has 0 amide bonds. The average Bonchev–Trinajstić information content (AvgIpc) is 2.07. The van der Waals surface area contributed by atoms with Crippen LogP contribution in [-0.2, 0) is 5.41 Å². The molecule has 1 saturated carbocycles. The van der Waals surface area contributed by atoms with Gasteiger partial charge < -0.3 is 5.73 Å². The fraction of sp³-hybridized carbons (Fsp3) is 0.455. The molecule has 14 heavy (non-hydrogen) atoms. The van der Waals surface area contributed by atoms with Crippen LogP contribution in [0.4, 0.5) is 0 Å². The van der Waals surface area contributed by atoms with Crippen molar-refractivity contribution in [2.24, 2.45) is 5.73 Å². The Hall–Kier alpha value is -0.0500. The lowest BCUT2D eigenvalue weighted by atomic mass is 9.64. The summed E-state index contributed by atoms with van der Waals surface area (Å²) < 4.78 is 1.03. The molecule has 2 N–H and O–H groups in total. The summed E-state index contributed by atoms with van der Waals surface area (Å²) in [6.45, 7) is 0.703. The van der Waals surface area contributed by atoms with Gasteiger partial charge in [-0.3, -0.25) is 0 Å². The van der Waals surface area contributed by atoms with Crippen molar-refractivity contribution in [3.8, 4) is 0 Å². The zero-order valence-electron chi connectivity index (χ0n) is 7.89. The fourth-order valence-corrected chi connectivity index (χ4v) is 2.98. The van der Waals surface area contributed by atoms with Crippen LogP contribution in [0.1, 0.15) is 24.8 Å². The number of hydrogen-bond donors (Lipinski definition) is 1. The number of halogens is 2. The minimum Gasteiger partial charge on any atom is -0.330 e. The van der Waals surface area contributed by atoms with E-state index in [0.717, 1.165) is 9.50 Å². The maximum Gasteiger partial charge on any atom is 0.0455 e. The minimum atomic E-state index is 0.164. The van der Waals surface area contributed by atoms with Gasteiger partial charge in [0.25, 0.3) is 0 Å². The van der Waals surface area contributed by atoms with Crippen molar-refractivity contribution in [1.82, 2.24) is 0 Å². The van der Waals surface area contributed by atoms with Gasteiger partial charge in [-0.1, -0.05) is 40.0 Å². The maximum atomic E-state index is 6.22. The summed E-state index contributed by atoms with van der Waals surface area (Å²) in [7, 11) is 0. The summed E-state index contributed by atoms with van der Waals surface area (Å²) in [5, 5.41) is 0.838. The minimum absolute atomic E-state index is 0.164. The third-order valence-corrected chi connectivity index (χ3v) is 4.01. The van der Waals surface area contributed by atoms with E-state index in [-0.39, 0.29) is 5.41 Å². The number of hydrogen-bond acceptors (Lipinski definition) is 1. The van der Waals surface area contributed by atoms with Crippen molar-refractivity contribution in [3.05, 3.63) is 33.3 Å². The highest BCUT2D eigenvalue weighted by atomic mass is 79.9. The summed E-state index contributed by atoms with van der Waals surface area (Å²) in [5.74, 6) is 0. The van der Waals surface area contributed by atoms with Crippen molar-refractivity contribution in [3.63, 3.8) is 0 Å². The first-order chi connectivity index (χ1) is 6.68. The molecule has 1 fully saturated rings. The van der Waals surface area contributed by atoms with Crippen molar-refractivity contribution >= 4 is 27.5 Å². The van der Waals surface area contributed by atoms with Gasteiger partial charge in [-0.05, 0) is 30.5 Å². The molecule has 0 atom stereocenters. The monoisotopic (exact) mass is 273 g/mol. The van der Waals surface area contributed by atoms with Crippen molar-refractivity contribution in [1.29, 1.82) is 0 Å². The molecule has 0 heterocycles. The van der Waals surface area contributed by atoms with E-state index in [4.69, 9.17) is 17.3 Å². The Morgan fingerprint density at radius 2 is 2.14 bits per heavy atom. The highest BCUT2D eigenvalue weighted by Gasteiger charge is 2.38. The van der Waals surface area contributed by atoms with Crippen LogP contribution in [0.3, 0.4) is 0 Å². The smallest absolute Gasteiger partial charge is 0.0455 e. The van der Waals surface area contributed by atoms with E-state index in [9.17, 15) is 0 Å². The van der Waals surface area contributed by atoms with E-state index < -0.39 is 0 Å². The molecule has 0 bridgehead atoms. The van der Waals surface area contributed by atoms with Crippen LogP contribution in [-0.4, -0.2) is 6.54 Å². The SMILES string of the molecule is NCC1(c2ccc(Br)cc2Cl)CCC1. The molecule has 1 aromatic carbocycles. The second-order valence-electron chi connectivity index (χ2n) is 3.96. The van der Waals surface area contributed by atoms with E-state index >= 15 is 0 Å². The van der Waals surface area contributed by atoms with Crippen LogP contribution in [0.5, 0.6) is 0 Å². The lowest BCUT2D eigenvalue weighted by Crippen LogP contribution is -2.41. The first-order valence-corrected chi connectivity index (χ1v) is 6.01. The molecule has 0 unspecified atom stereocenters. The molecular formula is C11H13BrClN. The van der Waals surface area contributed by atoms with Gasteiger partial charge in [0.2, 0.25) is 0 Å². The van der Waals surface area contributed by atoms with Crippen LogP contribution in [0.2, 0.25) is 5.02 Å². The topological polar surface area (TPSA) is 26.0 Å². The number of rotatable bonds is 2. The van der Waals surface area contributed by atoms with E-state index in [1.54, 1.807) is 0 Å². The first-order valence-electron chi connectivity index (χ1n) is 4.83. The molecule has 1 aromatic rings. The van der Waals surface area contributed by atoms with Gasteiger partial charge >= 0.3 is 0 Å². The lowest BCUT2D eigenvalue weighted by Gasteiger charge is -2.42. The Morgan fingerprint density at radius 3 is 2.57 bits per heavy atom. The first kappa shape index (κ1) is 10.5. The van der Waals surface area contributed by atoms with Crippen molar-refractivity contribution < 1.29 is 0 Å². The van der Waals surface area contributed by atoms with E-state index in [2.05, 4.69) is 22.0 Å². The van der Waals surface area contributed by atoms with E-state index in [0.29, 0.717) is 6.54 Å². The second-order valence-corrected chi connectivity index (χ2v) is 5.29. The molecule has 0 aliphatic heterocycles. The fourth-order valence-electron chi connectivity index (χ4n) is 2.11. The van der Waals surface area contributed by atoms with E-state index in [1.807, 2.05) is 12.1 Å². The highest BCUT2D eigenvalue weighted by Crippen LogP contribution is 2.45. The Labute approximate surface area is 97.8 Å². The van der Waals surface area contributed by atoms with Gasteiger partial charge in [0.15, 0.2) is 0 Å². The molecule has 1 nitrogen and oxygen atoms in total. The number of benzene rings is 1. The Kier molecular flexibility index (Phi) is 2.87. The second kappa shape index (κ2) is 3.84. The van der Waals surface area contributed by atoms with Crippen LogP contribution < -0.4 is 5.73 Å². The van der Waals surface area contributed by atoms with Gasteiger partial charge in [0.1, 0.15) is 0 Å². The lowest BCUT2D eigenvalue weighted by molar-refractivity contribution is 0.253. The van der Waals surface area contributed by atoms with Gasteiger partial charge in [-0.15, -0.1) is 0 Å². The molecule has 2 rings (SSSR count). The Balaban J connectivity index is 2.40. The Bertz CT molecular complexity index is 342. The molecule has 0 aromatic heterocycles. The largest absolute Gasteiger partial charge is 0.330 e. The van der Waals surface area contributed by atoms with Gasteiger partial charge in [-0.25, -0.2) is 0 Å². The normalized spacial score (nSPS) is 19.1. The summed E-state index contributed by atoms with van der Waals surface area (Å²) >= 11 is 9.63. The van der Waals surface area contributed by atoms with Crippen LogP contribution in [0, 0.1) is 0 Å². The summed E-state index contributed by atoms with van der Waals surface area (Å²) in [6, 6.07) is 6.09. The zero-order chi connectivity index (χ0) is 10.2. The Morgan fingerprint density at radius 1 is 1.43 bits per heavy atom. The van der Waals surface area contributed by atoms with Crippen LogP contribution in [0.15, 0.2) is 22.7 Å². The average molecular weight is 275 g/mol. The third kappa shape index (κ3) is 1.60. The molecular weight excluding hydrogens is 261 g/mol. The zero-order valence-corrected chi connectivity index (χ0v) is 10.2. The van der Waals surface area contributed by atoms with Gasteiger partial charge in [0.05, 0.1) is 0 Å². The van der Waals surface area contributed by atoms with Gasteiger partial charge in [0, 0.05) is 21.5 Å². The molecule has 0 saturated heterocycles. The summed E-state index contributed by atoms with van der Waals surface area (Å²) in [5.41, 5.74) is 7.22.